The van der Waals surface area contributed by atoms with E-state index < -0.39 is 0 Å². The predicted octanol–water partition coefficient (Wildman–Crippen LogP) is -0.875. The van der Waals surface area contributed by atoms with Crippen LogP contribution in [0.5, 0.6) is 0 Å². The lowest BCUT2D eigenvalue weighted by molar-refractivity contribution is -0.597. The number of rotatable bonds is 2. The van der Waals surface area contributed by atoms with Crippen molar-refractivity contribution in [1.82, 2.24) is 0 Å². The Morgan fingerprint density at radius 2 is 0.864 bits per heavy atom. The molecule has 4 aromatic carbocycles. The Labute approximate surface area is 151 Å². The van der Waals surface area contributed by atoms with Crippen LogP contribution in [0.2, 0.25) is 0 Å². The highest BCUT2D eigenvalue weighted by molar-refractivity contribution is 5.82. The Kier molecular flexibility index (Phi) is 4.79. The molecule has 0 heterocycles. The number of fused-ring (bicyclic) bond motifs is 2. The Morgan fingerprint density at radius 3 is 1.32 bits per heavy atom. The molecule has 0 fully saturated rings. The lowest BCUT2D eigenvalue weighted by Gasteiger charge is -1.97. The minimum absolute atomic E-state index is 0. The standard InChI is InChI=1S/C20H14I.BrH/c1-3-7-17-13-19(11-9-15(17)5-1)21-20-12-10-16-6-2-4-8-18(16)14-20;/h1-14H;1H/q+1;/p-1. The van der Waals surface area contributed by atoms with E-state index in [9.17, 15) is 0 Å². The third-order valence-corrected chi connectivity index (χ3v) is 6.23. The van der Waals surface area contributed by atoms with Crippen LogP contribution in [0, 0.1) is 7.14 Å². The van der Waals surface area contributed by atoms with Crippen molar-refractivity contribution in [1.29, 1.82) is 0 Å². The average molecular weight is 461 g/mol. The zero-order valence-electron chi connectivity index (χ0n) is 11.8. The van der Waals surface area contributed by atoms with Gasteiger partial charge >= 0.3 is 21.2 Å². The molecule has 0 N–H and O–H groups in total. The van der Waals surface area contributed by atoms with Crippen LogP contribution < -0.4 is 38.2 Å². The van der Waals surface area contributed by atoms with E-state index in [-0.39, 0.29) is 38.2 Å². The first-order valence-electron chi connectivity index (χ1n) is 7.01. The maximum atomic E-state index is 2.35. The Bertz CT molecular complexity index is 853. The minimum Gasteiger partial charge on any atom is -1.00 e. The first-order valence-corrected chi connectivity index (χ1v) is 9.17. The third kappa shape index (κ3) is 3.18. The predicted molar refractivity (Wildman–Crippen MR) is 85.3 cm³/mol. The fourth-order valence-electron chi connectivity index (χ4n) is 2.56. The van der Waals surface area contributed by atoms with E-state index >= 15 is 0 Å². The largest absolute Gasteiger partial charge is 1.00 e. The monoisotopic (exact) mass is 460 g/mol. The van der Waals surface area contributed by atoms with E-state index in [1.54, 1.807) is 0 Å². The van der Waals surface area contributed by atoms with Gasteiger partial charge in [0, 0.05) is 0 Å². The van der Waals surface area contributed by atoms with Crippen LogP contribution in [0.15, 0.2) is 84.9 Å². The molecule has 0 saturated heterocycles. The molecule has 0 amide bonds. The molecule has 0 unspecified atom stereocenters. The van der Waals surface area contributed by atoms with E-state index in [2.05, 4.69) is 84.9 Å². The molecule has 0 aliphatic carbocycles. The molecule has 4 aromatic rings. The molecule has 0 atom stereocenters. The molecule has 0 aliphatic rings. The molecule has 0 spiro atoms. The fraction of sp³-hybridized carbons (Fsp3) is 0. The summed E-state index contributed by atoms with van der Waals surface area (Å²) in [4.78, 5) is 0. The van der Waals surface area contributed by atoms with Crippen molar-refractivity contribution in [3.05, 3.63) is 92.1 Å². The highest BCUT2D eigenvalue weighted by atomic mass is 127. The summed E-state index contributed by atoms with van der Waals surface area (Å²) in [5, 5.41) is 5.33. The van der Waals surface area contributed by atoms with Gasteiger partial charge in [0.15, 0.2) is 7.14 Å². The van der Waals surface area contributed by atoms with E-state index in [1.165, 1.54) is 28.7 Å². The van der Waals surface area contributed by atoms with Crippen molar-refractivity contribution in [2.24, 2.45) is 0 Å². The van der Waals surface area contributed by atoms with Gasteiger partial charge in [-0.2, -0.15) is 0 Å². The summed E-state index contributed by atoms with van der Waals surface area (Å²) < 4.78 is 2.95. The van der Waals surface area contributed by atoms with Gasteiger partial charge in [0.2, 0.25) is 0 Å². The van der Waals surface area contributed by atoms with E-state index in [0.29, 0.717) is 0 Å². The Hall–Kier alpha value is -1.39. The summed E-state index contributed by atoms with van der Waals surface area (Å²) >= 11 is -0.121. The summed E-state index contributed by atoms with van der Waals surface area (Å²) in [5.41, 5.74) is 0. The normalized spacial score (nSPS) is 10.5. The SMILES string of the molecule is [Br-].c1ccc2cc([I+]c3ccc4ccccc4c3)ccc2c1. The van der Waals surface area contributed by atoms with Gasteiger partial charge in [-0.15, -0.1) is 0 Å². The molecule has 0 radical (unpaired) electrons. The van der Waals surface area contributed by atoms with Gasteiger partial charge in [-0.1, -0.05) is 48.5 Å². The molecule has 0 saturated carbocycles. The lowest BCUT2D eigenvalue weighted by Crippen LogP contribution is -3.61. The number of benzene rings is 4. The van der Waals surface area contributed by atoms with Crippen LogP contribution in [0.3, 0.4) is 0 Å². The smallest absolute Gasteiger partial charge is 0.357 e. The first-order chi connectivity index (χ1) is 10.4. The van der Waals surface area contributed by atoms with E-state index in [4.69, 9.17) is 0 Å². The zero-order chi connectivity index (χ0) is 14.1. The summed E-state index contributed by atoms with van der Waals surface area (Å²) in [5.74, 6) is 0. The van der Waals surface area contributed by atoms with Crippen molar-refractivity contribution in [3.63, 3.8) is 0 Å². The molecule has 22 heavy (non-hydrogen) atoms. The van der Waals surface area contributed by atoms with Crippen LogP contribution in [-0.2, 0) is 0 Å². The van der Waals surface area contributed by atoms with Crippen LogP contribution in [0.1, 0.15) is 0 Å². The van der Waals surface area contributed by atoms with Crippen LogP contribution >= 0.6 is 0 Å². The number of hydrogen-bond donors (Lipinski definition) is 0. The number of halogens is 2. The highest BCUT2D eigenvalue weighted by Crippen LogP contribution is 2.13. The molecule has 2 heteroatoms. The fourth-order valence-corrected chi connectivity index (χ4v) is 4.98. The third-order valence-electron chi connectivity index (χ3n) is 3.64. The molecular formula is C20H14BrI. The van der Waals surface area contributed by atoms with Gasteiger partial charge in [-0.05, 0) is 57.9 Å². The van der Waals surface area contributed by atoms with Crippen molar-refractivity contribution in [3.8, 4) is 0 Å². The van der Waals surface area contributed by atoms with Crippen LogP contribution in [-0.4, -0.2) is 0 Å². The molecule has 4 rings (SSSR count). The zero-order valence-corrected chi connectivity index (χ0v) is 15.6. The van der Waals surface area contributed by atoms with Crippen molar-refractivity contribution >= 4 is 21.5 Å². The van der Waals surface area contributed by atoms with Gasteiger partial charge in [-0.3, -0.25) is 0 Å². The van der Waals surface area contributed by atoms with Crippen molar-refractivity contribution in [2.45, 2.75) is 0 Å². The maximum Gasteiger partial charge on any atom is 0.357 e. The quantitative estimate of drug-likeness (QED) is 0.341. The van der Waals surface area contributed by atoms with Crippen molar-refractivity contribution < 1.29 is 38.2 Å². The molecule has 0 aromatic heterocycles. The van der Waals surface area contributed by atoms with Gasteiger partial charge in [-0.25, -0.2) is 0 Å². The summed E-state index contributed by atoms with van der Waals surface area (Å²) in [6.45, 7) is 0. The molecule has 108 valence electrons. The summed E-state index contributed by atoms with van der Waals surface area (Å²) in [7, 11) is 0. The summed E-state index contributed by atoms with van der Waals surface area (Å²) in [6, 6.07) is 30.9. The lowest BCUT2D eigenvalue weighted by atomic mass is 10.1. The van der Waals surface area contributed by atoms with Crippen LogP contribution in [0.25, 0.3) is 21.5 Å². The minimum atomic E-state index is -0.121. The Morgan fingerprint density at radius 1 is 0.455 bits per heavy atom. The van der Waals surface area contributed by atoms with Crippen molar-refractivity contribution in [2.75, 3.05) is 0 Å². The first kappa shape index (κ1) is 15.5. The van der Waals surface area contributed by atoms with Gasteiger partial charge in [0.1, 0.15) is 0 Å². The number of hydrogen-bond acceptors (Lipinski definition) is 0. The second-order valence-electron chi connectivity index (χ2n) is 5.08. The van der Waals surface area contributed by atoms with E-state index in [1.807, 2.05) is 0 Å². The van der Waals surface area contributed by atoms with E-state index in [0.717, 1.165) is 0 Å². The summed E-state index contributed by atoms with van der Waals surface area (Å²) in [6.07, 6.45) is 0. The Balaban J connectivity index is 0.00000144. The topological polar surface area (TPSA) is 0 Å². The molecule has 0 bridgehead atoms. The molecular weight excluding hydrogens is 447 g/mol. The highest BCUT2D eigenvalue weighted by Gasteiger charge is 2.16. The van der Waals surface area contributed by atoms with Crippen LogP contribution in [0.4, 0.5) is 0 Å². The maximum absolute atomic E-state index is 2.35. The average Bonchev–Trinajstić information content (AvgIpc) is 2.55. The second-order valence-corrected chi connectivity index (χ2v) is 8.11. The van der Waals surface area contributed by atoms with Gasteiger partial charge < -0.3 is 17.0 Å². The second kappa shape index (κ2) is 6.80. The van der Waals surface area contributed by atoms with Gasteiger partial charge in [0.05, 0.1) is 0 Å². The molecule has 0 aliphatic heterocycles. The van der Waals surface area contributed by atoms with Gasteiger partial charge in [0.25, 0.3) is 0 Å². The molecule has 0 nitrogen and oxygen atoms in total.